The molecule has 2 fully saturated rings. The summed E-state index contributed by atoms with van der Waals surface area (Å²) >= 11 is 0. The number of carbonyl (C=O) groups excluding carboxylic acids is 1. The number of ether oxygens (including phenoxy) is 1. The lowest BCUT2D eigenvalue weighted by Gasteiger charge is -2.24. The average molecular weight is 227 g/mol. The molecule has 0 spiro atoms. The summed E-state index contributed by atoms with van der Waals surface area (Å²) in [6, 6.07) is -0.622. The van der Waals surface area contributed by atoms with Crippen molar-refractivity contribution in [2.45, 2.75) is 38.3 Å². The van der Waals surface area contributed by atoms with Crippen LogP contribution in [0.5, 0.6) is 0 Å². The largest absolute Gasteiger partial charge is 0.480 e. The fraction of sp³-hybridized carbons (Fsp3) is 0.818. The molecule has 2 aliphatic heterocycles. The van der Waals surface area contributed by atoms with E-state index in [1.807, 2.05) is 6.92 Å². The van der Waals surface area contributed by atoms with Crippen LogP contribution in [0.25, 0.3) is 0 Å². The van der Waals surface area contributed by atoms with Gasteiger partial charge in [0.1, 0.15) is 6.04 Å². The molecule has 2 aliphatic rings. The third-order valence-electron chi connectivity index (χ3n) is 3.37. The van der Waals surface area contributed by atoms with Crippen LogP contribution in [0.3, 0.4) is 0 Å². The molecular formula is C11H17NO4. The lowest BCUT2D eigenvalue weighted by Crippen LogP contribution is -2.43. The van der Waals surface area contributed by atoms with E-state index in [0.717, 1.165) is 6.42 Å². The Morgan fingerprint density at radius 3 is 2.75 bits per heavy atom. The second-order valence-electron chi connectivity index (χ2n) is 4.60. The summed E-state index contributed by atoms with van der Waals surface area (Å²) in [5.41, 5.74) is 0. The van der Waals surface area contributed by atoms with E-state index in [2.05, 4.69) is 0 Å². The van der Waals surface area contributed by atoms with Gasteiger partial charge >= 0.3 is 5.97 Å². The zero-order chi connectivity index (χ0) is 11.7. The summed E-state index contributed by atoms with van der Waals surface area (Å²) in [4.78, 5) is 24.6. The maximum atomic E-state index is 12.1. The molecule has 0 aromatic rings. The number of amides is 1. The Morgan fingerprint density at radius 1 is 1.44 bits per heavy atom. The third-order valence-corrected chi connectivity index (χ3v) is 3.37. The highest BCUT2D eigenvalue weighted by Gasteiger charge is 2.39. The Balaban J connectivity index is 2.01. The molecule has 2 unspecified atom stereocenters. The lowest BCUT2D eigenvalue weighted by molar-refractivity contribution is -0.149. The highest BCUT2D eigenvalue weighted by molar-refractivity contribution is 5.85. The van der Waals surface area contributed by atoms with Gasteiger partial charge in [-0.2, -0.15) is 0 Å². The predicted molar refractivity (Wildman–Crippen MR) is 55.9 cm³/mol. The normalized spacial score (nSPS) is 34.3. The number of carboxylic acids is 1. The van der Waals surface area contributed by atoms with Gasteiger partial charge < -0.3 is 14.7 Å². The summed E-state index contributed by atoms with van der Waals surface area (Å²) in [5.74, 6) is -1.08. The second-order valence-corrected chi connectivity index (χ2v) is 4.60. The smallest absolute Gasteiger partial charge is 0.326 e. The van der Waals surface area contributed by atoms with Gasteiger partial charge in [-0.15, -0.1) is 0 Å². The van der Waals surface area contributed by atoms with Crippen LogP contribution in [0.15, 0.2) is 0 Å². The van der Waals surface area contributed by atoms with Crippen molar-refractivity contribution in [1.29, 1.82) is 0 Å². The van der Waals surface area contributed by atoms with Gasteiger partial charge in [-0.3, -0.25) is 4.79 Å². The van der Waals surface area contributed by atoms with Crippen molar-refractivity contribution in [3.8, 4) is 0 Å². The van der Waals surface area contributed by atoms with Crippen LogP contribution in [0, 0.1) is 5.92 Å². The number of hydrogen-bond donors (Lipinski definition) is 1. The fourth-order valence-electron chi connectivity index (χ4n) is 2.51. The van der Waals surface area contributed by atoms with Gasteiger partial charge in [0.25, 0.3) is 0 Å². The quantitative estimate of drug-likeness (QED) is 0.745. The van der Waals surface area contributed by atoms with E-state index in [1.165, 1.54) is 4.90 Å². The maximum Gasteiger partial charge on any atom is 0.326 e. The molecule has 90 valence electrons. The van der Waals surface area contributed by atoms with Crippen molar-refractivity contribution < 1.29 is 19.4 Å². The van der Waals surface area contributed by atoms with Crippen LogP contribution in [-0.2, 0) is 14.3 Å². The first-order chi connectivity index (χ1) is 7.59. The minimum atomic E-state index is -0.891. The molecule has 2 heterocycles. The Bertz CT molecular complexity index is 304. The first-order valence-corrected chi connectivity index (χ1v) is 5.74. The van der Waals surface area contributed by atoms with Crippen LogP contribution in [0.2, 0.25) is 0 Å². The van der Waals surface area contributed by atoms with Gasteiger partial charge in [-0.25, -0.2) is 4.79 Å². The van der Waals surface area contributed by atoms with E-state index in [1.54, 1.807) is 0 Å². The van der Waals surface area contributed by atoms with Crippen LogP contribution < -0.4 is 0 Å². The molecule has 0 aromatic heterocycles. The number of rotatable bonds is 2. The van der Waals surface area contributed by atoms with Crippen molar-refractivity contribution in [2.75, 3.05) is 13.2 Å². The zero-order valence-electron chi connectivity index (χ0n) is 9.39. The number of likely N-dealkylation sites (tertiary alicyclic amines) is 1. The van der Waals surface area contributed by atoms with Crippen molar-refractivity contribution in [1.82, 2.24) is 4.90 Å². The minimum absolute atomic E-state index is 0.0470. The molecule has 0 saturated carbocycles. The summed E-state index contributed by atoms with van der Waals surface area (Å²) in [7, 11) is 0. The highest BCUT2D eigenvalue weighted by Crippen LogP contribution is 2.26. The van der Waals surface area contributed by atoms with Crippen molar-refractivity contribution >= 4 is 11.9 Å². The summed E-state index contributed by atoms with van der Waals surface area (Å²) in [5, 5.41) is 9.00. The summed E-state index contributed by atoms with van der Waals surface area (Å²) in [6.45, 7) is 2.94. The molecule has 1 N–H and O–H groups in total. The first kappa shape index (κ1) is 11.4. The maximum absolute atomic E-state index is 12.1. The van der Waals surface area contributed by atoms with Crippen LogP contribution >= 0.6 is 0 Å². The molecule has 0 aromatic carbocycles. The molecule has 16 heavy (non-hydrogen) atoms. The van der Waals surface area contributed by atoms with Gasteiger partial charge in [0.05, 0.1) is 18.6 Å². The molecule has 1 amide bonds. The number of carbonyl (C=O) groups is 2. The monoisotopic (exact) mass is 227 g/mol. The SMILES string of the molecule is CC1CC(C(=O)N2CCC[C@@H]2C(=O)O)CO1. The number of carboxylic acid groups (broad SMARTS) is 1. The minimum Gasteiger partial charge on any atom is -0.480 e. The Hall–Kier alpha value is -1.10. The van der Waals surface area contributed by atoms with Crippen molar-refractivity contribution in [3.63, 3.8) is 0 Å². The molecular weight excluding hydrogens is 210 g/mol. The van der Waals surface area contributed by atoms with E-state index in [4.69, 9.17) is 9.84 Å². The zero-order valence-corrected chi connectivity index (χ0v) is 9.39. The van der Waals surface area contributed by atoms with Gasteiger partial charge in [0.2, 0.25) is 5.91 Å². The van der Waals surface area contributed by atoms with Crippen LogP contribution in [-0.4, -0.2) is 47.2 Å². The molecule has 5 heteroatoms. The summed E-state index contributed by atoms with van der Waals surface area (Å²) in [6.07, 6.45) is 2.18. The molecule has 0 bridgehead atoms. The molecule has 3 atom stereocenters. The van der Waals surface area contributed by atoms with Crippen molar-refractivity contribution in [3.05, 3.63) is 0 Å². The summed E-state index contributed by atoms with van der Waals surface area (Å²) < 4.78 is 5.35. The first-order valence-electron chi connectivity index (χ1n) is 5.74. The van der Waals surface area contributed by atoms with Crippen LogP contribution in [0.4, 0.5) is 0 Å². The Morgan fingerprint density at radius 2 is 2.19 bits per heavy atom. The van der Waals surface area contributed by atoms with E-state index >= 15 is 0 Å². The second kappa shape index (κ2) is 4.41. The van der Waals surface area contributed by atoms with Crippen LogP contribution in [0.1, 0.15) is 26.2 Å². The number of aliphatic carboxylic acids is 1. The molecule has 0 aliphatic carbocycles. The number of hydrogen-bond acceptors (Lipinski definition) is 3. The van der Waals surface area contributed by atoms with Gasteiger partial charge in [0, 0.05) is 6.54 Å². The Labute approximate surface area is 94.4 Å². The highest BCUT2D eigenvalue weighted by atomic mass is 16.5. The number of nitrogens with zero attached hydrogens (tertiary/aromatic N) is 1. The van der Waals surface area contributed by atoms with E-state index < -0.39 is 12.0 Å². The third kappa shape index (κ3) is 2.04. The van der Waals surface area contributed by atoms with E-state index in [-0.39, 0.29) is 17.9 Å². The van der Waals surface area contributed by atoms with Crippen molar-refractivity contribution in [2.24, 2.45) is 5.92 Å². The Kier molecular flexibility index (Phi) is 3.14. The molecule has 2 saturated heterocycles. The molecule has 5 nitrogen and oxygen atoms in total. The lowest BCUT2D eigenvalue weighted by atomic mass is 10.0. The van der Waals surface area contributed by atoms with E-state index in [9.17, 15) is 9.59 Å². The van der Waals surface area contributed by atoms with Gasteiger partial charge in [-0.1, -0.05) is 0 Å². The van der Waals surface area contributed by atoms with E-state index in [0.29, 0.717) is 26.0 Å². The topological polar surface area (TPSA) is 66.8 Å². The molecule has 2 rings (SSSR count). The predicted octanol–water partition coefficient (Wildman–Crippen LogP) is 0.487. The van der Waals surface area contributed by atoms with Gasteiger partial charge in [0.15, 0.2) is 0 Å². The fourth-order valence-corrected chi connectivity index (χ4v) is 2.51. The molecule has 0 radical (unpaired) electrons. The standard InChI is InChI=1S/C11H17NO4/c1-7-5-8(6-16-7)10(13)12-4-2-3-9(12)11(14)15/h7-9H,2-6H2,1H3,(H,14,15)/t7?,8?,9-/m1/s1. The average Bonchev–Trinajstić information content (AvgIpc) is 2.84. The van der Waals surface area contributed by atoms with Gasteiger partial charge in [-0.05, 0) is 26.2 Å².